The molecule has 1 aromatic heterocycles. The summed E-state index contributed by atoms with van der Waals surface area (Å²) in [6, 6.07) is 10.4. The molecule has 0 fully saturated rings. The lowest BCUT2D eigenvalue weighted by atomic mass is 10.2. The summed E-state index contributed by atoms with van der Waals surface area (Å²) in [5.74, 6) is 0.948. The van der Waals surface area contributed by atoms with Gasteiger partial charge < -0.3 is 9.64 Å². The summed E-state index contributed by atoms with van der Waals surface area (Å²) < 4.78 is 7.80. The maximum atomic E-state index is 5.77. The fourth-order valence-electron chi connectivity index (χ4n) is 2.15. The maximum absolute atomic E-state index is 5.77. The highest BCUT2D eigenvalue weighted by Crippen LogP contribution is 2.12. The third-order valence-electron chi connectivity index (χ3n) is 3.70. The van der Waals surface area contributed by atoms with Gasteiger partial charge in [0, 0.05) is 25.0 Å². The Hall–Kier alpha value is -1.81. The van der Waals surface area contributed by atoms with Crippen molar-refractivity contribution in [3.05, 3.63) is 47.8 Å². The molecular weight excluding hydrogens is 262 g/mol. The Kier molecular flexibility index (Phi) is 5.81. The molecule has 2 aromatic rings. The van der Waals surface area contributed by atoms with Crippen LogP contribution in [0.5, 0.6) is 5.75 Å². The third kappa shape index (κ3) is 4.90. The molecule has 0 amide bonds. The summed E-state index contributed by atoms with van der Waals surface area (Å²) in [5, 5.41) is 4.29. The Balaban J connectivity index is 1.66. The minimum absolute atomic E-state index is 0.708. The van der Waals surface area contributed by atoms with Gasteiger partial charge in [-0.15, -0.1) is 0 Å². The smallest absolute Gasteiger partial charge is 0.119 e. The Morgan fingerprint density at radius 1 is 1.14 bits per heavy atom. The molecule has 0 radical (unpaired) electrons. The first-order valence-electron chi connectivity index (χ1n) is 7.57. The van der Waals surface area contributed by atoms with Gasteiger partial charge in [0.15, 0.2) is 0 Å². The summed E-state index contributed by atoms with van der Waals surface area (Å²) in [6.07, 6.45) is 2.91. The second-order valence-electron chi connectivity index (χ2n) is 5.34. The monoisotopic (exact) mass is 287 g/mol. The minimum Gasteiger partial charge on any atom is -0.492 e. The van der Waals surface area contributed by atoms with E-state index in [1.165, 1.54) is 11.3 Å². The number of hydrogen-bond acceptors (Lipinski definition) is 3. The standard InChI is InChI=1S/C17H25N3O/c1-4-16-5-7-17(8-6-16)21-14-13-19(3)11-12-20-15(2)9-10-18-20/h5-10H,4,11-14H2,1-3H3. The van der Waals surface area contributed by atoms with E-state index in [9.17, 15) is 0 Å². The number of nitrogens with zero attached hydrogens (tertiary/aromatic N) is 3. The fourth-order valence-corrected chi connectivity index (χ4v) is 2.15. The minimum atomic E-state index is 0.708. The molecule has 0 aliphatic carbocycles. The quantitative estimate of drug-likeness (QED) is 0.748. The van der Waals surface area contributed by atoms with E-state index in [4.69, 9.17) is 4.74 Å². The Morgan fingerprint density at radius 2 is 1.90 bits per heavy atom. The lowest BCUT2D eigenvalue weighted by Crippen LogP contribution is -2.28. The number of benzene rings is 1. The molecular formula is C17H25N3O. The van der Waals surface area contributed by atoms with Crippen molar-refractivity contribution >= 4 is 0 Å². The first-order chi connectivity index (χ1) is 10.2. The zero-order chi connectivity index (χ0) is 15.1. The van der Waals surface area contributed by atoms with Gasteiger partial charge in [0.05, 0.1) is 6.54 Å². The summed E-state index contributed by atoms with van der Waals surface area (Å²) in [5.41, 5.74) is 2.55. The second-order valence-corrected chi connectivity index (χ2v) is 5.34. The molecule has 114 valence electrons. The van der Waals surface area contributed by atoms with Crippen molar-refractivity contribution in [2.75, 3.05) is 26.7 Å². The highest BCUT2D eigenvalue weighted by Gasteiger charge is 2.02. The maximum Gasteiger partial charge on any atom is 0.119 e. The number of hydrogen-bond donors (Lipinski definition) is 0. The van der Waals surface area contributed by atoms with Crippen LogP contribution >= 0.6 is 0 Å². The van der Waals surface area contributed by atoms with Crippen molar-refractivity contribution < 1.29 is 4.74 Å². The van der Waals surface area contributed by atoms with Crippen molar-refractivity contribution in [2.45, 2.75) is 26.8 Å². The molecule has 0 bridgehead atoms. The topological polar surface area (TPSA) is 30.3 Å². The molecule has 1 heterocycles. The largest absolute Gasteiger partial charge is 0.492 e. The molecule has 21 heavy (non-hydrogen) atoms. The van der Waals surface area contributed by atoms with E-state index in [-0.39, 0.29) is 0 Å². The fraction of sp³-hybridized carbons (Fsp3) is 0.471. The molecule has 0 N–H and O–H groups in total. The van der Waals surface area contributed by atoms with Crippen molar-refractivity contribution in [2.24, 2.45) is 0 Å². The highest BCUT2D eigenvalue weighted by molar-refractivity contribution is 5.27. The lowest BCUT2D eigenvalue weighted by molar-refractivity contribution is 0.230. The van der Waals surface area contributed by atoms with Crippen LogP contribution in [0, 0.1) is 6.92 Å². The van der Waals surface area contributed by atoms with Gasteiger partial charge in [-0.1, -0.05) is 19.1 Å². The second kappa shape index (κ2) is 7.84. The average Bonchev–Trinajstić information content (AvgIpc) is 2.91. The molecule has 0 atom stereocenters. The number of likely N-dealkylation sites (N-methyl/N-ethyl adjacent to an activating group) is 1. The van der Waals surface area contributed by atoms with E-state index < -0.39 is 0 Å². The van der Waals surface area contributed by atoms with Gasteiger partial charge in [-0.25, -0.2) is 0 Å². The molecule has 2 rings (SSSR count). The first kappa shape index (κ1) is 15.6. The van der Waals surface area contributed by atoms with Gasteiger partial charge in [-0.05, 0) is 44.2 Å². The van der Waals surface area contributed by atoms with E-state index in [2.05, 4.69) is 43.0 Å². The van der Waals surface area contributed by atoms with Crippen molar-refractivity contribution in [1.29, 1.82) is 0 Å². The molecule has 1 aromatic carbocycles. The molecule has 0 aliphatic heterocycles. The van der Waals surface area contributed by atoms with E-state index >= 15 is 0 Å². The zero-order valence-electron chi connectivity index (χ0n) is 13.2. The average molecular weight is 287 g/mol. The number of rotatable bonds is 8. The van der Waals surface area contributed by atoms with E-state index in [1.54, 1.807) is 0 Å². The van der Waals surface area contributed by atoms with E-state index in [1.807, 2.05) is 29.1 Å². The van der Waals surface area contributed by atoms with Crippen LogP contribution in [0.3, 0.4) is 0 Å². The van der Waals surface area contributed by atoms with Crippen molar-refractivity contribution in [1.82, 2.24) is 14.7 Å². The van der Waals surface area contributed by atoms with Gasteiger partial charge in [-0.3, -0.25) is 4.68 Å². The van der Waals surface area contributed by atoms with Crippen LogP contribution in [0.1, 0.15) is 18.2 Å². The van der Waals surface area contributed by atoms with Gasteiger partial charge >= 0.3 is 0 Å². The molecule has 4 heteroatoms. The Bertz CT molecular complexity index is 533. The Morgan fingerprint density at radius 3 is 2.52 bits per heavy atom. The Labute approximate surface area is 127 Å². The van der Waals surface area contributed by atoms with E-state index in [0.29, 0.717) is 6.61 Å². The van der Waals surface area contributed by atoms with Crippen molar-refractivity contribution in [3.8, 4) is 5.75 Å². The van der Waals surface area contributed by atoms with Crippen LogP contribution in [-0.2, 0) is 13.0 Å². The number of aryl methyl sites for hydroxylation is 2. The molecule has 0 unspecified atom stereocenters. The highest BCUT2D eigenvalue weighted by atomic mass is 16.5. The van der Waals surface area contributed by atoms with Gasteiger partial charge in [0.2, 0.25) is 0 Å². The summed E-state index contributed by atoms with van der Waals surface area (Å²) >= 11 is 0. The van der Waals surface area contributed by atoms with E-state index in [0.717, 1.165) is 31.8 Å². The van der Waals surface area contributed by atoms with Crippen LogP contribution in [0.25, 0.3) is 0 Å². The van der Waals surface area contributed by atoms with Gasteiger partial charge in [0.1, 0.15) is 12.4 Å². The lowest BCUT2D eigenvalue weighted by Gasteiger charge is -2.17. The number of ether oxygens (including phenoxy) is 1. The predicted molar refractivity (Wildman–Crippen MR) is 85.8 cm³/mol. The molecule has 0 spiro atoms. The summed E-state index contributed by atoms with van der Waals surface area (Å²) in [7, 11) is 2.11. The van der Waals surface area contributed by atoms with Gasteiger partial charge in [0.25, 0.3) is 0 Å². The first-order valence-corrected chi connectivity index (χ1v) is 7.57. The SMILES string of the molecule is CCc1ccc(OCCN(C)CCn2nccc2C)cc1. The molecule has 0 saturated heterocycles. The molecule has 0 saturated carbocycles. The zero-order valence-corrected chi connectivity index (χ0v) is 13.2. The van der Waals surface area contributed by atoms with Crippen LogP contribution < -0.4 is 4.74 Å². The normalized spacial score (nSPS) is 11.0. The van der Waals surface area contributed by atoms with Gasteiger partial charge in [-0.2, -0.15) is 5.10 Å². The van der Waals surface area contributed by atoms with Crippen LogP contribution in [0.2, 0.25) is 0 Å². The van der Waals surface area contributed by atoms with Crippen LogP contribution in [-0.4, -0.2) is 41.4 Å². The predicted octanol–water partition coefficient (Wildman–Crippen LogP) is 2.76. The van der Waals surface area contributed by atoms with Crippen LogP contribution in [0.4, 0.5) is 0 Å². The molecule has 0 aliphatic rings. The summed E-state index contributed by atoms with van der Waals surface area (Å²) in [6.45, 7) is 7.75. The number of aromatic nitrogens is 2. The molecule has 4 nitrogen and oxygen atoms in total. The third-order valence-corrected chi connectivity index (χ3v) is 3.70. The van der Waals surface area contributed by atoms with Crippen LogP contribution in [0.15, 0.2) is 36.5 Å². The van der Waals surface area contributed by atoms with Crippen molar-refractivity contribution in [3.63, 3.8) is 0 Å². The summed E-state index contributed by atoms with van der Waals surface area (Å²) in [4.78, 5) is 2.27.